The van der Waals surface area contributed by atoms with Crippen LogP contribution in [0.25, 0.3) is 10.9 Å². The number of halogens is 1. The summed E-state index contributed by atoms with van der Waals surface area (Å²) in [6.07, 6.45) is 0. The Kier molecular flexibility index (Phi) is 5.29. The fourth-order valence-corrected chi connectivity index (χ4v) is 4.90. The monoisotopic (exact) mass is 409 g/mol. The summed E-state index contributed by atoms with van der Waals surface area (Å²) < 4.78 is 25.6. The minimum Gasteiger partial charge on any atom is -0.347 e. The third-order valence-corrected chi connectivity index (χ3v) is 7.29. The van der Waals surface area contributed by atoms with Gasteiger partial charge in [0.25, 0.3) is 15.9 Å². The molecule has 0 saturated carbocycles. The van der Waals surface area contributed by atoms with Crippen molar-refractivity contribution in [3.8, 4) is 0 Å². The summed E-state index contributed by atoms with van der Waals surface area (Å²) in [5, 5.41) is 4.02. The maximum atomic E-state index is 12.4. The van der Waals surface area contributed by atoms with Crippen molar-refractivity contribution in [3.63, 3.8) is 0 Å². The normalized spacial score (nSPS) is 11.8. The number of nitrogens with zero attached hydrogens (tertiary/aromatic N) is 2. The Hall–Kier alpha value is -2.00. The second-order valence-electron chi connectivity index (χ2n) is 5.73. The number of pyridine rings is 1. The smallest absolute Gasteiger partial charge is 0.252 e. The molecular formula is C17H16ClN3O3S2. The van der Waals surface area contributed by atoms with Gasteiger partial charge in [-0.1, -0.05) is 11.6 Å². The first-order valence-electron chi connectivity index (χ1n) is 7.63. The van der Waals surface area contributed by atoms with Crippen LogP contribution in [-0.2, 0) is 16.6 Å². The molecule has 0 spiro atoms. The number of amides is 1. The van der Waals surface area contributed by atoms with Crippen LogP contribution in [0.15, 0.2) is 46.7 Å². The average molecular weight is 410 g/mol. The topological polar surface area (TPSA) is 79.4 Å². The fourth-order valence-electron chi connectivity index (χ4n) is 2.28. The minimum absolute atomic E-state index is 0.243. The van der Waals surface area contributed by atoms with Gasteiger partial charge in [0.15, 0.2) is 0 Å². The van der Waals surface area contributed by atoms with Crippen LogP contribution in [0.1, 0.15) is 15.2 Å². The van der Waals surface area contributed by atoms with Gasteiger partial charge in [-0.2, -0.15) is 0 Å². The van der Waals surface area contributed by atoms with Gasteiger partial charge in [-0.05, 0) is 42.5 Å². The van der Waals surface area contributed by atoms with E-state index in [0.29, 0.717) is 16.2 Å². The van der Waals surface area contributed by atoms with Gasteiger partial charge in [0.2, 0.25) is 0 Å². The van der Waals surface area contributed by atoms with Crippen molar-refractivity contribution in [1.29, 1.82) is 0 Å². The summed E-state index contributed by atoms with van der Waals surface area (Å²) in [7, 11) is -0.484. The van der Waals surface area contributed by atoms with Crippen LogP contribution >= 0.6 is 22.9 Å². The lowest BCUT2D eigenvalue weighted by atomic mass is 10.1. The Morgan fingerprint density at radius 1 is 1.19 bits per heavy atom. The first-order valence-corrected chi connectivity index (χ1v) is 10.3. The van der Waals surface area contributed by atoms with Crippen LogP contribution in [0.3, 0.4) is 0 Å². The zero-order valence-electron chi connectivity index (χ0n) is 14.1. The van der Waals surface area contributed by atoms with Crippen LogP contribution in [0.2, 0.25) is 5.15 Å². The number of aromatic nitrogens is 1. The van der Waals surface area contributed by atoms with E-state index in [1.54, 1.807) is 42.5 Å². The second kappa shape index (κ2) is 7.32. The molecule has 1 amide bonds. The zero-order valence-corrected chi connectivity index (χ0v) is 16.5. The third kappa shape index (κ3) is 3.88. The van der Waals surface area contributed by atoms with Crippen LogP contribution in [-0.4, -0.2) is 37.7 Å². The van der Waals surface area contributed by atoms with Gasteiger partial charge in [-0.15, -0.1) is 11.3 Å². The van der Waals surface area contributed by atoms with E-state index >= 15 is 0 Å². The molecule has 6 nitrogen and oxygen atoms in total. The molecule has 0 aliphatic heterocycles. The van der Waals surface area contributed by atoms with Crippen LogP contribution < -0.4 is 5.32 Å². The molecule has 0 saturated heterocycles. The number of hydrogen-bond acceptors (Lipinski definition) is 5. The molecular weight excluding hydrogens is 394 g/mol. The highest BCUT2D eigenvalue weighted by molar-refractivity contribution is 7.91. The van der Waals surface area contributed by atoms with Gasteiger partial charge in [0, 0.05) is 29.9 Å². The predicted octanol–water partition coefficient (Wildman–Crippen LogP) is 3.13. The second-order valence-corrected chi connectivity index (χ2v) is 9.67. The molecule has 0 bridgehead atoms. The Balaban J connectivity index is 1.71. The molecule has 136 valence electrons. The number of nitrogens with one attached hydrogen (secondary N) is 1. The first-order chi connectivity index (χ1) is 12.3. The maximum Gasteiger partial charge on any atom is 0.252 e. The van der Waals surface area contributed by atoms with E-state index in [2.05, 4.69) is 10.3 Å². The molecule has 0 unspecified atom stereocenters. The van der Waals surface area contributed by atoms with E-state index in [1.807, 2.05) is 0 Å². The molecule has 1 aromatic carbocycles. The zero-order chi connectivity index (χ0) is 18.9. The van der Waals surface area contributed by atoms with E-state index in [0.717, 1.165) is 25.9 Å². The Labute approximate surface area is 160 Å². The molecule has 0 atom stereocenters. The Morgan fingerprint density at radius 3 is 2.69 bits per heavy atom. The number of rotatable bonds is 5. The molecule has 2 aromatic heterocycles. The molecule has 0 radical (unpaired) electrons. The van der Waals surface area contributed by atoms with Crippen molar-refractivity contribution in [2.24, 2.45) is 0 Å². The minimum atomic E-state index is -3.45. The van der Waals surface area contributed by atoms with Gasteiger partial charge in [0.05, 0.1) is 12.1 Å². The number of hydrogen-bond donors (Lipinski definition) is 1. The summed E-state index contributed by atoms with van der Waals surface area (Å²) in [6, 6.07) is 11.9. The van der Waals surface area contributed by atoms with Crippen molar-refractivity contribution >= 4 is 49.8 Å². The summed E-state index contributed by atoms with van der Waals surface area (Å²) in [5.74, 6) is -0.243. The van der Waals surface area contributed by atoms with Gasteiger partial charge in [-0.3, -0.25) is 4.79 Å². The number of carbonyl (C=O) groups excluding carboxylic acids is 1. The first kappa shape index (κ1) is 18.8. The third-order valence-electron chi connectivity index (χ3n) is 3.71. The van der Waals surface area contributed by atoms with Crippen molar-refractivity contribution < 1.29 is 13.2 Å². The van der Waals surface area contributed by atoms with Crippen molar-refractivity contribution in [3.05, 3.63) is 58.1 Å². The summed E-state index contributed by atoms with van der Waals surface area (Å²) in [6.45, 7) is 0.253. The predicted molar refractivity (Wildman–Crippen MR) is 103 cm³/mol. The molecule has 0 aliphatic carbocycles. The SMILES string of the molecule is CN(C)S(=O)(=O)c1ccc(CNC(=O)c2ccc3nc(Cl)ccc3c2)s1. The molecule has 26 heavy (non-hydrogen) atoms. The van der Waals surface area contributed by atoms with E-state index in [9.17, 15) is 13.2 Å². The lowest BCUT2D eigenvalue weighted by Gasteiger charge is -2.08. The summed E-state index contributed by atoms with van der Waals surface area (Å²) in [4.78, 5) is 17.3. The van der Waals surface area contributed by atoms with Gasteiger partial charge < -0.3 is 5.32 Å². The highest BCUT2D eigenvalue weighted by Gasteiger charge is 2.19. The van der Waals surface area contributed by atoms with E-state index in [-0.39, 0.29) is 16.7 Å². The summed E-state index contributed by atoms with van der Waals surface area (Å²) in [5.41, 5.74) is 1.21. The van der Waals surface area contributed by atoms with Crippen LogP contribution in [0.4, 0.5) is 0 Å². The molecule has 0 fully saturated rings. The van der Waals surface area contributed by atoms with Gasteiger partial charge in [0.1, 0.15) is 9.36 Å². The van der Waals surface area contributed by atoms with E-state index in [1.165, 1.54) is 14.1 Å². The number of benzene rings is 1. The molecule has 9 heteroatoms. The molecule has 1 N–H and O–H groups in total. The molecule has 0 aliphatic rings. The van der Waals surface area contributed by atoms with Crippen LogP contribution in [0, 0.1) is 0 Å². The number of thiophene rings is 1. The number of fused-ring (bicyclic) bond motifs is 1. The van der Waals surface area contributed by atoms with E-state index in [4.69, 9.17) is 11.6 Å². The van der Waals surface area contributed by atoms with Crippen LogP contribution in [0.5, 0.6) is 0 Å². The highest BCUT2D eigenvalue weighted by atomic mass is 35.5. The number of sulfonamides is 1. The Morgan fingerprint density at radius 2 is 1.96 bits per heavy atom. The molecule has 3 rings (SSSR count). The summed E-state index contributed by atoms with van der Waals surface area (Å²) >= 11 is 7.00. The number of carbonyl (C=O) groups is 1. The highest BCUT2D eigenvalue weighted by Crippen LogP contribution is 2.24. The lowest BCUT2D eigenvalue weighted by Crippen LogP contribution is -2.22. The maximum absolute atomic E-state index is 12.4. The van der Waals surface area contributed by atoms with Crippen molar-refractivity contribution in [2.75, 3.05) is 14.1 Å². The fraction of sp³-hybridized carbons (Fsp3) is 0.176. The average Bonchev–Trinajstić information content (AvgIpc) is 3.08. The quantitative estimate of drug-likeness (QED) is 0.656. The van der Waals surface area contributed by atoms with Crippen molar-refractivity contribution in [2.45, 2.75) is 10.8 Å². The standard InChI is InChI=1S/C17H16ClN3O3S2/c1-21(2)26(23,24)16-8-5-13(25-16)10-19-17(22)12-3-6-14-11(9-12)4-7-15(18)20-14/h3-9H,10H2,1-2H3,(H,19,22). The van der Waals surface area contributed by atoms with E-state index < -0.39 is 10.0 Å². The molecule has 2 heterocycles. The molecule has 3 aromatic rings. The Bertz CT molecular complexity index is 1080. The van der Waals surface area contributed by atoms with Gasteiger partial charge in [-0.25, -0.2) is 17.7 Å². The lowest BCUT2D eigenvalue weighted by molar-refractivity contribution is 0.0951. The van der Waals surface area contributed by atoms with Gasteiger partial charge >= 0.3 is 0 Å². The largest absolute Gasteiger partial charge is 0.347 e. The van der Waals surface area contributed by atoms with Crippen molar-refractivity contribution in [1.82, 2.24) is 14.6 Å².